The molecule has 1 saturated carbocycles. The van der Waals surface area contributed by atoms with Crippen LogP contribution in [0.25, 0.3) is 0 Å². The van der Waals surface area contributed by atoms with Crippen LogP contribution in [0.1, 0.15) is 70.8 Å². The molecule has 1 aromatic rings. The Kier molecular flexibility index (Phi) is 7.79. The van der Waals surface area contributed by atoms with Crippen LogP contribution in [-0.4, -0.2) is 53.0 Å². The predicted molar refractivity (Wildman–Crippen MR) is 159 cm³/mol. The minimum Gasteiger partial charge on any atom is -0.359 e. The number of ether oxygens (including phenoxy) is 1. The van der Waals surface area contributed by atoms with E-state index in [2.05, 4.69) is 30.6 Å². The smallest absolute Gasteiger partial charge is 0.246 e. The Morgan fingerprint density at radius 3 is 2.73 bits per heavy atom. The lowest BCUT2D eigenvalue weighted by Crippen LogP contribution is -2.58. The number of hydrogen-bond donors (Lipinski definition) is 2. The van der Waals surface area contributed by atoms with Crippen molar-refractivity contribution in [2.75, 3.05) is 11.9 Å². The average Bonchev–Trinajstić information content (AvgIpc) is 3.60. The van der Waals surface area contributed by atoms with Gasteiger partial charge in [0, 0.05) is 23.3 Å². The Morgan fingerprint density at radius 2 is 1.98 bits per heavy atom. The molecule has 6 rings (SSSR count). The predicted octanol–water partition coefficient (Wildman–Crippen LogP) is 5.57. The molecule has 8 heteroatoms. The molecule has 2 bridgehead atoms. The molecule has 3 aliphatic heterocycles. The highest BCUT2D eigenvalue weighted by Gasteiger charge is 2.72. The van der Waals surface area contributed by atoms with Crippen molar-refractivity contribution in [3.8, 4) is 0 Å². The molecule has 6 unspecified atom stereocenters. The van der Waals surface area contributed by atoms with Crippen LogP contribution < -0.4 is 10.6 Å². The topological polar surface area (TPSA) is 87.7 Å². The Labute approximate surface area is 248 Å². The number of nitrogens with one attached hydrogen (secondary N) is 2. The third kappa shape index (κ3) is 5.03. The summed E-state index contributed by atoms with van der Waals surface area (Å²) >= 11 is 6.31. The van der Waals surface area contributed by atoms with Gasteiger partial charge in [0.25, 0.3) is 0 Å². The van der Waals surface area contributed by atoms with Gasteiger partial charge in [-0.25, -0.2) is 0 Å². The number of rotatable bonds is 7. The molecule has 0 aromatic heterocycles. The quantitative estimate of drug-likeness (QED) is 0.414. The maximum Gasteiger partial charge on any atom is 0.246 e. The minimum atomic E-state index is -1.15. The van der Waals surface area contributed by atoms with Gasteiger partial charge < -0.3 is 20.3 Å². The summed E-state index contributed by atoms with van der Waals surface area (Å²) in [4.78, 5) is 43.9. The van der Waals surface area contributed by atoms with Gasteiger partial charge in [0.2, 0.25) is 17.7 Å². The summed E-state index contributed by atoms with van der Waals surface area (Å²) in [5.41, 5.74) is 1.69. The second kappa shape index (κ2) is 11.2. The summed E-state index contributed by atoms with van der Waals surface area (Å²) in [7, 11) is 0. The van der Waals surface area contributed by atoms with E-state index in [0.29, 0.717) is 29.1 Å². The number of amides is 3. The van der Waals surface area contributed by atoms with Crippen LogP contribution in [-0.2, 0) is 19.1 Å². The molecule has 41 heavy (non-hydrogen) atoms. The number of nitrogens with zero attached hydrogens (tertiary/aromatic N) is 1. The zero-order valence-corrected chi connectivity index (χ0v) is 25.1. The van der Waals surface area contributed by atoms with E-state index in [9.17, 15) is 14.4 Å². The van der Waals surface area contributed by atoms with Crippen molar-refractivity contribution in [1.29, 1.82) is 0 Å². The highest BCUT2D eigenvalue weighted by Crippen LogP contribution is 2.55. The van der Waals surface area contributed by atoms with Crippen molar-refractivity contribution in [2.24, 2.45) is 23.7 Å². The number of allylic oxidation sites excluding steroid dienone is 1. The van der Waals surface area contributed by atoms with E-state index in [1.807, 2.05) is 31.2 Å². The molecule has 3 amide bonds. The lowest BCUT2D eigenvalue weighted by Gasteiger charge is -2.38. The molecule has 1 aromatic carbocycles. The molecule has 220 valence electrons. The Hall–Kier alpha value is -2.64. The van der Waals surface area contributed by atoms with E-state index < -0.39 is 29.6 Å². The lowest BCUT2D eigenvalue weighted by atomic mass is 9.73. The Morgan fingerprint density at radius 1 is 1.15 bits per heavy atom. The summed E-state index contributed by atoms with van der Waals surface area (Å²) in [6.07, 6.45) is 13.9. The largest absolute Gasteiger partial charge is 0.359 e. The van der Waals surface area contributed by atoms with Crippen molar-refractivity contribution >= 4 is 35.0 Å². The lowest BCUT2D eigenvalue weighted by molar-refractivity contribution is -0.141. The maximum absolute atomic E-state index is 14.2. The number of fused-ring (bicyclic) bond motifs is 1. The number of aryl methyl sites for hydroxylation is 1. The molecule has 7 nitrogen and oxygen atoms in total. The number of anilines is 1. The normalized spacial score (nSPS) is 35.8. The number of halogens is 1. The van der Waals surface area contributed by atoms with E-state index in [1.165, 1.54) is 18.4 Å². The molecule has 5 aliphatic rings. The van der Waals surface area contributed by atoms with Crippen LogP contribution in [0.5, 0.6) is 0 Å². The highest BCUT2D eigenvalue weighted by atomic mass is 35.5. The monoisotopic (exact) mass is 579 g/mol. The fourth-order valence-electron chi connectivity index (χ4n) is 7.85. The summed E-state index contributed by atoms with van der Waals surface area (Å²) in [6.45, 7) is 6.80. The molecular weight excluding hydrogens is 538 g/mol. The summed E-state index contributed by atoms with van der Waals surface area (Å²) in [6, 6.07) is 4.64. The van der Waals surface area contributed by atoms with E-state index >= 15 is 0 Å². The summed E-state index contributed by atoms with van der Waals surface area (Å²) in [5.74, 6) is -1.21. The van der Waals surface area contributed by atoms with Crippen LogP contribution in [0, 0.1) is 30.6 Å². The second-order valence-corrected chi connectivity index (χ2v) is 13.3. The van der Waals surface area contributed by atoms with Gasteiger partial charge in [-0.1, -0.05) is 68.2 Å². The summed E-state index contributed by atoms with van der Waals surface area (Å²) in [5, 5.41) is 6.87. The van der Waals surface area contributed by atoms with Gasteiger partial charge >= 0.3 is 0 Å². The van der Waals surface area contributed by atoms with Crippen LogP contribution in [0.2, 0.25) is 5.02 Å². The molecule has 2 aliphatic carbocycles. The third-order valence-corrected chi connectivity index (χ3v) is 10.9. The standard InChI is InChI=1S/C33H42ClN3O4/c1-19-8-7-11-25(21(19)3)36-31(39)29-33-16-14-26(41-33)27(30(38)35-23-13-12-20(2)24(34)18-23)28(33)32(40)37(29)17-15-22-9-5-4-6-10-22/h9,12-14,16,18-19,21,25-29H,4-8,10-11,15,17H2,1-3H3,(H,35,38)(H,36,39)/t19?,21?,25?,26-,27?,28-,29?,33?/m0/s1. The number of carbonyl (C=O) groups is 3. The highest BCUT2D eigenvalue weighted by molar-refractivity contribution is 6.31. The third-order valence-electron chi connectivity index (χ3n) is 10.5. The van der Waals surface area contributed by atoms with Gasteiger partial charge in [0.1, 0.15) is 11.6 Å². The molecule has 1 spiro atoms. The van der Waals surface area contributed by atoms with Gasteiger partial charge in [-0.05, 0) is 75.0 Å². The van der Waals surface area contributed by atoms with Crippen molar-refractivity contribution in [3.05, 3.63) is 52.6 Å². The molecule has 3 fully saturated rings. The van der Waals surface area contributed by atoms with Crippen molar-refractivity contribution in [3.63, 3.8) is 0 Å². The van der Waals surface area contributed by atoms with Gasteiger partial charge in [-0.3, -0.25) is 14.4 Å². The zero-order chi connectivity index (χ0) is 28.9. The van der Waals surface area contributed by atoms with Crippen LogP contribution in [0.15, 0.2) is 42.0 Å². The summed E-state index contributed by atoms with van der Waals surface area (Å²) < 4.78 is 6.53. The van der Waals surface area contributed by atoms with Gasteiger partial charge in [-0.2, -0.15) is 0 Å². The number of likely N-dealkylation sites (tertiary alicyclic amines) is 1. The first-order valence-corrected chi connectivity index (χ1v) is 15.8. The van der Waals surface area contributed by atoms with E-state index in [4.69, 9.17) is 16.3 Å². The van der Waals surface area contributed by atoms with E-state index in [1.54, 1.807) is 11.0 Å². The average molecular weight is 580 g/mol. The number of benzene rings is 1. The van der Waals surface area contributed by atoms with Crippen LogP contribution in [0.4, 0.5) is 5.69 Å². The SMILES string of the molecule is Cc1ccc(NC(=O)C2[C@@H]3C=CC4(O3)C(C(=O)NC3CCCC(C)C3C)N(CCC3=CCCCC3)C(=O)[C@H]24)cc1Cl. The van der Waals surface area contributed by atoms with Gasteiger partial charge in [-0.15, -0.1) is 0 Å². The van der Waals surface area contributed by atoms with Gasteiger partial charge in [0.15, 0.2) is 0 Å². The number of carbonyl (C=O) groups excluding carboxylic acids is 3. The van der Waals surface area contributed by atoms with Gasteiger partial charge in [0.05, 0.1) is 17.9 Å². The molecule has 0 radical (unpaired) electrons. The Bertz CT molecular complexity index is 1290. The molecule has 2 N–H and O–H groups in total. The second-order valence-electron chi connectivity index (χ2n) is 12.9. The Balaban J connectivity index is 1.28. The maximum atomic E-state index is 14.2. The van der Waals surface area contributed by atoms with E-state index in [0.717, 1.165) is 44.1 Å². The van der Waals surface area contributed by atoms with Crippen molar-refractivity contribution in [2.45, 2.75) is 95.9 Å². The van der Waals surface area contributed by atoms with Crippen molar-refractivity contribution < 1.29 is 19.1 Å². The van der Waals surface area contributed by atoms with Crippen LogP contribution >= 0.6 is 11.6 Å². The van der Waals surface area contributed by atoms with E-state index in [-0.39, 0.29) is 23.8 Å². The van der Waals surface area contributed by atoms with Crippen LogP contribution in [0.3, 0.4) is 0 Å². The molecule has 8 atom stereocenters. The fraction of sp³-hybridized carbons (Fsp3) is 0.606. The first-order valence-electron chi connectivity index (χ1n) is 15.4. The molecule has 2 saturated heterocycles. The minimum absolute atomic E-state index is 0.0627. The number of hydrogen-bond acceptors (Lipinski definition) is 4. The zero-order valence-electron chi connectivity index (χ0n) is 24.3. The molecule has 3 heterocycles. The first kappa shape index (κ1) is 28.5. The molecular formula is C33H42ClN3O4. The first-order chi connectivity index (χ1) is 19.7. The fourth-order valence-corrected chi connectivity index (χ4v) is 8.03. The van der Waals surface area contributed by atoms with Crippen molar-refractivity contribution in [1.82, 2.24) is 10.2 Å².